The first-order valence-corrected chi connectivity index (χ1v) is 12.0. The summed E-state index contributed by atoms with van der Waals surface area (Å²) in [6.07, 6.45) is 0. The molecular weight excluding hydrogens is 558 g/mol. The smallest absolute Gasteiger partial charge is 0.264 e. The summed E-state index contributed by atoms with van der Waals surface area (Å²) in [4.78, 5) is 12.9. The summed E-state index contributed by atoms with van der Waals surface area (Å²) in [6, 6.07) is 17.9. The standard InChI is InChI=1S/C21H17Cl2IN2O3S/c1-14-11-16(24)8-9-19(14)25-21(27)13-26(20-10-7-15(22)12-18(20)23)30(28,29)17-5-3-2-4-6-17/h2-12H,13H2,1H3,(H,25,27). The van der Waals surface area contributed by atoms with E-state index in [1.165, 1.54) is 30.3 Å². The summed E-state index contributed by atoms with van der Waals surface area (Å²) < 4.78 is 28.7. The lowest BCUT2D eigenvalue weighted by Crippen LogP contribution is -2.38. The van der Waals surface area contributed by atoms with Crippen molar-refractivity contribution in [3.63, 3.8) is 0 Å². The van der Waals surface area contributed by atoms with Gasteiger partial charge >= 0.3 is 0 Å². The van der Waals surface area contributed by atoms with Crippen LogP contribution in [0, 0.1) is 10.5 Å². The fraction of sp³-hybridized carbons (Fsp3) is 0.0952. The van der Waals surface area contributed by atoms with E-state index in [2.05, 4.69) is 27.9 Å². The molecule has 3 aromatic rings. The van der Waals surface area contributed by atoms with Crippen molar-refractivity contribution in [2.45, 2.75) is 11.8 Å². The van der Waals surface area contributed by atoms with Crippen molar-refractivity contribution >= 4 is 73.1 Å². The van der Waals surface area contributed by atoms with Gasteiger partial charge in [0.15, 0.2) is 0 Å². The van der Waals surface area contributed by atoms with Gasteiger partial charge in [0.25, 0.3) is 10.0 Å². The van der Waals surface area contributed by atoms with Gasteiger partial charge in [-0.15, -0.1) is 0 Å². The van der Waals surface area contributed by atoms with Crippen LogP contribution in [0.1, 0.15) is 5.56 Å². The Balaban J connectivity index is 1.98. The Morgan fingerprint density at radius 2 is 1.73 bits per heavy atom. The highest BCUT2D eigenvalue weighted by Crippen LogP contribution is 2.32. The lowest BCUT2D eigenvalue weighted by atomic mass is 10.2. The minimum Gasteiger partial charge on any atom is -0.324 e. The molecule has 156 valence electrons. The van der Waals surface area contributed by atoms with Crippen molar-refractivity contribution < 1.29 is 13.2 Å². The maximum atomic E-state index is 13.3. The van der Waals surface area contributed by atoms with Crippen LogP contribution in [0.3, 0.4) is 0 Å². The molecule has 0 heterocycles. The van der Waals surface area contributed by atoms with Gasteiger partial charge < -0.3 is 5.32 Å². The molecule has 0 atom stereocenters. The highest BCUT2D eigenvalue weighted by atomic mass is 127. The number of carbonyl (C=O) groups excluding carboxylic acids is 1. The number of hydrogen-bond donors (Lipinski definition) is 1. The van der Waals surface area contributed by atoms with Crippen molar-refractivity contribution in [2.24, 2.45) is 0 Å². The lowest BCUT2D eigenvalue weighted by Gasteiger charge is -2.25. The van der Waals surface area contributed by atoms with Gasteiger partial charge in [0, 0.05) is 14.3 Å². The van der Waals surface area contributed by atoms with Gasteiger partial charge in [0.05, 0.1) is 15.6 Å². The Morgan fingerprint density at radius 1 is 1.03 bits per heavy atom. The van der Waals surface area contributed by atoms with E-state index >= 15 is 0 Å². The van der Waals surface area contributed by atoms with Crippen LogP contribution in [0.5, 0.6) is 0 Å². The minimum atomic E-state index is -4.05. The molecule has 0 fully saturated rings. The van der Waals surface area contributed by atoms with Crippen molar-refractivity contribution in [3.8, 4) is 0 Å². The molecule has 0 aliphatic carbocycles. The van der Waals surface area contributed by atoms with Crippen LogP contribution in [-0.4, -0.2) is 20.9 Å². The van der Waals surface area contributed by atoms with E-state index < -0.39 is 22.5 Å². The first kappa shape index (κ1) is 22.9. The monoisotopic (exact) mass is 574 g/mol. The van der Waals surface area contributed by atoms with Crippen LogP contribution in [0.4, 0.5) is 11.4 Å². The van der Waals surface area contributed by atoms with Gasteiger partial charge in [-0.05, 0) is 83.6 Å². The average Bonchev–Trinajstić information content (AvgIpc) is 2.69. The first-order valence-electron chi connectivity index (χ1n) is 8.77. The maximum absolute atomic E-state index is 13.3. The molecule has 0 aromatic heterocycles. The molecule has 30 heavy (non-hydrogen) atoms. The molecule has 0 radical (unpaired) electrons. The number of halogens is 3. The third-order valence-corrected chi connectivity index (χ3v) is 7.24. The zero-order valence-electron chi connectivity index (χ0n) is 15.8. The molecule has 9 heteroatoms. The normalized spacial score (nSPS) is 11.2. The maximum Gasteiger partial charge on any atom is 0.264 e. The van der Waals surface area contributed by atoms with Gasteiger partial charge in [-0.3, -0.25) is 9.10 Å². The summed E-state index contributed by atoms with van der Waals surface area (Å²) in [5, 5.41) is 3.26. The SMILES string of the molecule is Cc1cc(I)ccc1NC(=O)CN(c1ccc(Cl)cc1Cl)S(=O)(=O)c1ccccc1. The first-order chi connectivity index (χ1) is 14.2. The molecule has 1 amide bonds. The van der Waals surface area contributed by atoms with Gasteiger partial charge in [0.1, 0.15) is 6.54 Å². The van der Waals surface area contributed by atoms with Crippen LogP contribution in [-0.2, 0) is 14.8 Å². The summed E-state index contributed by atoms with van der Waals surface area (Å²) in [6.45, 7) is 1.41. The van der Waals surface area contributed by atoms with E-state index in [4.69, 9.17) is 23.2 Å². The Labute approximate surface area is 199 Å². The average molecular weight is 575 g/mol. The number of nitrogens with zero attached hydrogens (tertiary/aromatic N) is 1. The van der Waals surface area contributed by atoms with E-state index in [9.17, 15) is 13.2 Å². The molecule has 0 spiro atoms. The minimum absolute atomic E-state index is 0.0502. The van der Waals surface area contributed by atoms with Gasteiger partial charge in [-0.2, -0.15) is 0 Å². The predicted octanol–water partition coefficient (Wildman–Crippen LogP) is 5.74. The van der Waals surface area contributed by atoms with E-state index in [-0.39, 0.29) is 15.6 Å². The van der Waals surface area contributed by atoms with Gasteiger partial charge in [-0.1, -0.05) is 41.4 Å². The number of nitrogens with one attached hydrogen (secondary N) is 1. The number of anilines is 2. The van der Waals surface area contributed by atoms with Crippen molar-refractivity contribution in [3.05, 3.63) is 85.9 Å². The summed E-state index contributed by atoms with van der Waals surface area (Å²) >= 11 is 14.4. The molecular formula is C21H17Cl2IN2O3S. The lowest BCUT2D eigenvalue weighted by molar-refractivity contribution is -0.114. The summed E-state index contributed by atoms with van der Waals surface area (Å²) in [5.41, 5.74) is 1.65. The number of sulfonamides is 1. The third kappa shape index (κ3) is 5.26. The van der Waals surface area contributed by atoms with E-state index in [1.54, 1.807) is 24.3 Å². The predicted molar refractivity (Wildman–Crippen MR) is 130 cm³/mol. The number of carbonyl (C=O) groups is 1. The number of aryl methyl sites for hydroxylation is 1. The molecule has 3 rings (SSSR count). The highest BCUT2D eigenvalue weighted by molar-refractivity contribution is 14.1. The Kier molecular flexibility index (Phi) is 7.28. The van der Waals surface area contributed by atoms with Crippen molar-refractivity contribution in [2.75, 3.05) is 16.2 Å². The topological polar surface area (TPSA) is 66.5 Å². The van der Waals surface area contributed by atoms with Crippen LogP contribution >= 0.6 is 45.8 Å². The van der Waals surface area contributed by atoms with Crippen LogP contribution in [0.15, 0.2) is 71.6 Å². The summed E-state index contributed by atoms with van der Waals surface area (Å²) in [7, 11) is -4.05. The van der Waals surface area contributed by atoms with E-state index in [0.29, 0.717) is 10.7 Å². The van der Waals surface area contributed by atoms with Crippen LogP contribution in [0.25, 0.3) is 0 Å². The third-order valence-electron chi connectivity index (χ3n) is 4.26. The van der Waals surface area contributed by atoms with Gasteiger partial charge in [-0.25, -0.2) is 8.42 Å². The van der Waals surface area contributed by atoms with E-state index in [0.717, 1.165) is 13.4 Å². The summed E-state index contributed by atoms with van der Waals surface area (Å²) in [5.74, 6) is -0.496. The molecule has 0 aliphatic heterocycles. The Morgan fingerprint density at radius 3 is 2.37 bits per heavy atom. The zero-order chi connectivity index (χ0) is 21.9. The number of benzene rings is 3. The molecule has 0 unspecified atom stereocenters. The van der Waals surface area contributed by atoms with Crippen molar-refractivity contribution in [1.29, 1.82) is 0 Å². The molecule has 5 nitrogen and oxygen atoms in total. The molecule has 1 N–H and O–H groups in total. The molecule has 0 saturated heterocycles. The quantitative estimate of drug-likeness (QED) is 0.382. The second-order valence-electron chi connectivity index (χ2n) is 6.43. The Hall–Kier alpha value is -1.81. The largest absolute Gasteiger partial charge is 0.324 e. The fourth-order valence-electron chi connectivity index (χ4n) is 2.79. The number of rotatable bonds is 6. The van der Waals surface area contributed by atoms with Crippen molar-refractivity contribution in [1.82, 2.24) is 0 Å². The molecule has 0 saturated carbocycles. The fourth-order valence-corrected chi connectivity index (χ4v) is 5.46. The zero-order valence-corrected chi connectivity index (χ0v) is 20.3. The molecule has 3 aromatic carbocycles. The van der Waals surface area contributed by atoms with E-state index in [1.807, 2.05) is 19.1 Å². The second-order valence-corrected chi connectivity index (χ2v) is 10.4. The van der Waals surface area contributed by atoms with Crippen LogP contribution < -0.4 is 9.62 Å². The number of hydrogen-bond acceptors (Lipinski definition) is 3. The molecule has 0 aliphatic rings. The molecule has 0 bridgehead atoms. The highest BCUT2D eigenvalue weighted by Gasteiger charge is 2.29. The second kappa shape index (κ2) is 9.55. The number of amides is 1. The van der Waals surface area contributed by atoms with Gasteiger partial charge in [0.2, 0.25) is 5.91 Å². The van der Waals surface area contributed by atoms with Crippen LogP contribution in [0.2, 0.25) is 10.0 Å². The Bertz CT molecular complexity index is 1190.